The molecule has 210 valence electrons. The lowest BCUT2D eigenvalue weighted by Crippen LogP contribution is -2.11. The first-order valence-electron chi connectivity index (χ1n) is 12.0. The van der Waals surface area contributed by atoms with Crippen molar-refractivity contribution in [3.63, 3.8) is 0 Å². The summed E-state index contributed by atoms with van der Waals surface area (Å²) in [5.41, 5.74) is 2.86. The number of aromatic nitrogens is 2. The van der Waals surface area contributed by atoms with Crippen LogP contribution in [0.3, 0.4) is 0 Å². The van der Waals surface area contributed by atoms with Crippen molar-refractivity contribution >= 4 is 56.1 Å². The van der Waals surface area contributed by atoms with E-state index in [1.165, 1.54) is 22.7 Å². The van der Waals surface area contributed by atoms with Crippen molar-refractivity contribution in [1.29, 1.82) is 0 Å². The maximum Gasteiger partial charge on any atom is 0.267 e. The summed E-state index contributed by atoms with van der Waals surface area (Å²) >= 11 is 3.65. The van der Waals surface area contributed by atoms with Crippen LogP contribution in [0.4, 0.5) is 10.3 Å². The molecular formula is C28H24N4O6S3. The van der Waals surface area contributed by atoms with Crippen LogP contribution in [0.1, 0.15) is 19.3 Å². The van der Waals surface area contributed by atoms with Crippen molar-refractivity contribution in [3.8, 4) is 45.5 Å². The lowest BCUT2D eigenvalue weighted by Gasteiger charge is -2.08. The summed E-state index contributed by atoms with van der Waals surface area (Å²) in [4.78, 5) is 35.6. The van der Waals surface area contributed by atoms with E-state index in [1.54, 1.807) is 52.7 Å². The first-order chi connectivity index (χ1) is 19.9. The monoisotopic (exact) mass is 608 g/mol. The predicted molar refractivity (Wildman–Crippen MR) is 162 cm³/mol. The van der Waals surface area contributed by atoms with Crippen molar-refractivity contribution in [2.75, 3.05) is 39.1 Å². The van der Waals surface area contributed by atoms with Gasteiger partial charge in [-0.15, -0.1) is 34.0 Å². The van der Waals surface area contributed by atoms with Gasteiger partial charge in [0.1, 0.15) is 23.0 Å². The number of carbonyl (C=O) groups excluding carboxylic acids is 2. The van der Waals surface area contributed by atoms with Crippen LogP contribution in [0, 0.1) is 0 Å². The lowest BCUT2D eigenvalue weighted by molar-refractivity contribution is 0.102. The van der Waals surface area contributed by atoms with Crippen molar-refractivity contribution < 1.29 is 28.5 Å². The molecule has 0 atom stereocenters. The van der Waals surface area contributed by atoms with E-state index in [1.807, 2.05) is 35.0 Å². The van der Waals surface area contributed by atoms with Gasteiger partial charge in [-0.3, -0.25) is 20.2 Å². The standard InChI is InChI=1S/C28H24N4O6S3/c1-35-15-5-7-17(21(11-15)37-3)19-13-39-27(29-19)31-25(33)23-9-10-24(41-23)26(34)32-28-30-20(14-40-28)18-8-6-16(36-2)12-22(18)38-4/h5-14H,1-4H3,(H,29,31,33)(H,30,32,34). The third kappa shape index (κ3) is 6.16. The van der Waals surface area contributed by atoms with Crippen LogP contribution in [0.2, 0.25) is 0 Å². The van der Waals surface area contributed by atoms with Crippen LogP contribution >= 0.6 is 34.0 Å². The fourth-order valence-corrected chi connectivity index (χ4v) is 6.04. The summed E-state index contributed by atoms with van der Waals surface area (Å²) in [6.07, 6.45) is 0. The van der Waals surface area contributed by atoms with Crippen molar-refractivity contribution in [2.24, 2.45) is 0 Å². The van der Waals surface area contributed by atoms with Crippen LogP contribution in [0.15, 0.2) is 59.3 Å². The Kier molecular flexibility index (Phi) is 8.47. The Labute approximate surface area is 247 Å². The molecule has 0 saturated heterocycles. The molecule has 41 heavy (non-hydrogen) atoms. The molecule has 5 aromatic rings. The van der Waals surface area contributed by atoms with Gasteiger partial charge in [-0.25, -0.2) is 9.97 Å². The number of thiophene rings is 1. The minimum Gasteiger partial charge on any atom is -0.497 e. The quantitative estimate of drug-likeness (QED) is 0.184. The summed E-state index contributed by atoms with van der Waals surface area (Å²) in [5, 5.41) is 10.1. The molecule has 2 aromatic carbocycles. The summed E-state index contributed by atoms with van der Waals surface area (Å²) in [5.74, 6) is 1.83. The van der Waals surface area contributed by atoms with Crippen LogP contribution in [-0.4, -0.2) is 50.2 Å². The molecule has 0 radical (unpaired) electrons. The van der Waals surface area contributed by atoms with Crippen molar-refractivity contribution in [1.82, 2.24) is 9.97 Å². The highest BCUT2D eigenvalue weighted by atomic mass is 32.1. The molecule has 0 bridgehead atoms. The lowest BCUT2D eigenvalue weighted by atomic mass is 10.1. The first-order valence-corrected chi connectivity index (χ1v) is 14.6. The maximum atomic E-state index is 12.9. The number of ether oxygens (including phenoxy) is 4. The van der Waals surface area contributed by atoms with E-state index in [-0.39, 0.29) is 11.8 Å². The van der Waals surface area contributed by atoms with E-state index in [4.69, 9.17) is 18.9 Å². The number of hydrogen-bond acceptors (Lipinski definition) is 11. The number of thiazole rings is 2. The molecule has 0 spiro atoms. The molecular weight excluding hydrogens is 585 g/mol. The minimum absolute atomic E-state index is 0.361. The number of anilines is 2. The van der Waals surface area contributed by atoms with Gasteiger partial charge in [-0.1, -0.05) is 0 Å². The van der Waals surface area contributed by atoms with E-state index >= 15 is 0 Å². The molecule has 13 heteroatoms. The smallest absolute Gasteiger partial charge is 0.267 e. The normalized spacial score (nSPS) is 10.6. The zero-order chi connectivity index (χ0) is 28.9. The molecule has 0 unspecified atom stereocenters. The van der Waals surface area contributed by atoms with Gasteiger partial charge in [0.05, 0.1) is 49.6 Å². The number of nitrogens with zero attached hydrogens (tertiary/aromatic N) is 2. The fraction of sp³-hybridized carbons (Fsp3) is 0.143. The van der Waals surface area contributed by atoms with Gasteiger partial charge in [-0.2, -0.15) is 0 Å². The topological polar surface area (TPSA) is 121 Å². The molecule has 3 heterocycles. The predicted octanol–water partition coefficient (Wildman–Crippen LogP) is 6.53. The van der Waals surface area contributed by atoms with Gasteiger partial charge < -0.3 is 18.9 Å². The van der Waals surface area contributed by atoms with Gasteiger partial charge in [0.2, 0.25) is 0 Å². The summed E-state index contributed by atoms with van der Waals surface area (Å²) < 4.78 is 21.4. The second-order valence-electron chi connectivity index (χ2n) is 8.28. The number of benzene rings is 2. The van der Waals surface area contributed by atoms with Gasteiger partial charge in [0, 0.05) is 34.0 Å². The Morgan fingerprint density at radius 1 is 0.634 bits per heavy atom. The molecule has 2 N–H and O–H groups in total. The third-order valence-electron chi connectivity index (χ3n) is 5.87. The Bertz CT molecular complexity index is 1590. The molecule has 3 aromatic heterocycles. The minimum atomic E-state index is -0.361. The highest BCUT2D eigenvalue weighted by molar-refractivity contribution is 7.17. The van der Waals surface area contributed by atoms with E-state index < -0.39 is 0 Å². The fourth-order valence-electron chi connectivity index (χ4n) is 3.83. The number of rotatable bonds is 10. The number of hydrogen-bond donors (Lipinski definition) is 2. The van der Waals surface area contributed by atoms with E-state index in [2.05, 4.69) is 20.6 Å². The van der Waals surface area contributed by atoms with Crippen LogP contribution in [-0.2, 0) is 0 Å². The molecule has 2 amide bonds. The highest BCUT2D eigenvalue weighted by Crippen LogP contribution is 2.36. The average molecular weight is 609 g/mol. The van der Waals surface area contributed by atoms with Crippen LogP contribution < -0.4 is 29.6 Å². The first kappa shape index (κ1) is 28.1. The van der Waals surface area contributed by atoms with Gasteiger partial charge in [-0.05, 0) is 36.4 Å². The molecule has 0 aliphatic rings. The second-order valence-corrected chi connectivity index (χ2v) is 11.1. The van der Waals surface area contributed by atoms with Crippen molar-refractivity contribution in [2.45, 2.75) is 0 Å². The Balaban J connectivity index is 1.24. The summed E-state index contributed by atoms with van der Waals surface area (Å²) in [6.45, 7) is 0. The van der Waals surface area contributed by atoms with E-state index in [0.29, 0.717) is 54.4 Å². The van der Waals surface area contributed by atoms with Gasteiger partial charge in [0.15, 0.2) is 10.3 Å². The molecule has 10 nitrogen and oxygen atoms in total. The van der Waals surface area contributed by atoms with Gasteiger partial charge in [0.25, 0.3) is 11.8 Å². The van der Waals surface area contributed by atoms with Crippen LogP contribution in [0.5, 0.6) is 23.0 Å². The number of carbonyl (C=O) groups is 2. The number of methoxy groups -OCH3 is 4. The van der Waals surface area contributed by atoms with E-state index in [0.717, 1.165) is 22.5 Å². The molecule has 5 rings (SSSR count). The Morgan fingerprint density at radius 3 is 1.46 bits per heavy atom. The second kappa shape index (κ2) is 12.4. The van der Waals surface area contributed by atoms with Crippen LogP contribution in [0.25, 0.3) is 22.5 Å². The molecule has 0 saturated carbocycles. The SMILES string of the molecule is COc1ccc(-c2csc(NC(=O)c3ccc(C(=O)Nc4nc(-c5ccc(OC)cc5OC)cs4)s3)n2)c(OC)c1. The Morgan fingerprint density at radius 2 is 1.07 bits per heavy atom. The Hall–Kier alpha value is -4.46. The maximum absolute atomic E-state index is 12.9. The largest absolute Gasteiger partial charge is 0.497 e. The molecule has 0 aliphatic carbocycles. The zero-order valence-electron chi connectivity index (χ0n) is 22.3. The van der Waals surface area contributed by atoms with E-state index in [9.17, 15) is 9.59 Å². The van der Waals surface area contributed by atoms with Crippen molar-refractivity contribution in [3.05, 3.63) is 69.0 Å². The number of nitrogens with one attached hydrogen (secondary N) is 2. The summed E-state index contributed by atoms with van der Waals surface area (Å²) in [6, 6.07) is 14.1. The third-order valence-corrected chi connectivity index (χ3v) is 8.47. The number of amides is 2. The molecule has 0 fully saturated rings. The zero-order valence-corrected chi connectivity index (χ0v) is 24.8. The average Bonchev–Trinajstić information content (AvgIpc) is 3.78. The van der Waals surface area contributed by atoms with Gasteiger partial charge >= 0.3 is 0 Å². The highest BCUT2D eigenvalue weighted by Gasteiger charge is 2.18. The molecule has 0 aliphatic heterocycles. The summed E-state index contributed by atoms with van der Waals surface area (Å²) in [7, 11) is 6.31.